The number of amides is 1. The molecule has 4 heteroatoms. The van der Waals surface area contributed by atoms with Crippen LogP contribution in [0.25, 0.3) is 0 Å². The Kier molecular flexibility index (Phi) is 4.42. The second kappa shape index (κ2) is 6.07. The van der Waals surface area contributed by atoms with Crippen molar-refractivity contribution < 1.29 is 14.3 Å². The molecule has 1 amide bonds. The van der Waals surface area contributed by atoms with Gasteiger partial charge in [0, 0.05) is 11.1 Å². The highest BCUT2D eigenvalue weighted by Gasteiger charge is 2.39. The van der Waals surface area contributed by atoms with Gasteiger partial charge in [0.05, 0.1) is 12.7 Å². The summed E-state index contributed by atoms with van der Waals surface area (Å²) in [6.07, 6.45) is 5.06. The Morgan fingerprint density at radius 2 is 1.80 bits per heavy atom. The zero-order chi connectivity index (χ0) is 14.6. The van der Waals surface area contributed by atoms with E-state index in [1.54, 1.807) is 24.3 Å². The molecule has 4 nitrogen and oxygen atoms in total. The molecule has 20 heavy (non-hydrogen) atoms. The number of esters is 1. The highest BCUT2D eigenvalue weighted by atomic mass is 16.5. The van der Waals surface area contributed by atoms with Gasteiger partial charge in [-0.1, -0.05) is 19.8 Å². The first-order valence-corrected chi connectivity index (χ1v) is 7.11. The molecule has 0 heterocycles. The van der Waals surface area contributed by atoms with Crippen molar-refractivity contribution in [1.29, 1.82) is 0 Å². The van der Waals surface area contributed by atoms with Crippen LogP contribution in [0, 0.1) is 5.41 Å². The van der Waals surface area contributed by atoms with Crippen LogP contribution in [0.4, 0.5) is 5.69 Å². The zero-order valence-corrected chi connectivity index (χ0v) is 12.1. The molecule has 0 saturated heterocycles. The summed E-state index contributed by atoms with van der Waals surface area (Å²) in [5.41, 5.74) is 1.00. The third kappa shape index (κ3) is 2.84. The maximum absolute atomic E-state index is 12.4. The Morgan fingerprint density at radius 3 is 2.30 bits per heavy atom. The lowest BCUT2D eigenvalue weighted by Gasteiger charge is -2.26. The Hall–Kier alpha value is -1.84. The number of ether oxygens (including phenoxy) is 1. The summed E-state index contributed by atoms with van der Waals surface area (Å²) in [5, 5.41) is 2.97. The fraction of sp³-hybridized carbons (Fsp3) is 0.500. The molecule has 0 aliphatic heterocycles. The van der Waals surface area contributed by atoms with E-state index in [1.165, 1.54) is 7.11 Å². The number of anilines is 1. The lowest BCUT2D eigenvalue weighted by Crippen LogP contribution is -2.33. The number of hydrogen-bond acceptors (Lipinski definition) is 3. The van der Waals surface area contributed by atoms with Gasteiger partial charge in [-0.2, -0.15) is 0 Å². The zero-order valence-electron chi connectivity index (χ0n) is 12.1. The van der Waals surface area contributed by atoms with Crippen molar-refractivity contribution in [3.8, 4) is 0 Å². The van der Waals surface area contributed by atoms with Crippen molar-refractivity contribution >= 4 is 17.6 Å². The quantitative estimate of drug-likeness (QED) is 0.857. The van der Waals surface area contributed by atoms with Gasteiger partial charge in [0.25, 0.3) is 0 Å². The summed E-state index contributed by atoms with van der Waals surface area (Å²) in [4.78, 5) is 23.8. The minimum absolute atomic E-state index is 0.100. The molecule has 1 aliphatic rings. The van der Waals surface area contributed by atoms with Gasteiger partial charge in [0.1, 0.15) is 0 Å². The number of carbonyl (C=O) groups excluding carboxylic acids is 2. The van der Waals surface area contributed by atoms with E-state index in [4.69, 9.17) is 0 Å². The van der Waals surface area contributed by atoms with Crippen LogP contribution in [-0.2, 0) is 9.53 Å². The molecule has 1 N–H and O–H groups in total. The van der Waals surface area contributed by atoms with Gasteiger partial charge in [-0.25, -0.2) is 4.79 Å². The van der Waals surface area contributed by atoms with Crippen LogP contribution < -0.4 is 5.32 Å². The Morgan fingerprint density at radius 1 is 1.20 bits per heavy atom. The molecule has 108 valence electrons. The number of benzene rings is 1. The first-order valence-electron chi connectivity index (χ1n) is 7.11. The van der Waals surface area contributed by atoms with E-state index in [0.717, 1.165) is 37.8 Å². The number of hydrogen-bond donors (Lipinski definition) is 1. The van der Waals surface area contributed by atoms with E-state index in [1.807, 2.05) is 0 Å². The monoisotopic (exact) mass is 275 g/mol. The Bertz CT molecular complexity index is 487. The van der Waals surface area contributed by atoms with Crippen LogP contribution in [0.5, 0.6) is 0 Å². The molecule has 2 rings (SSSR count). The largest absolute Gasteiger partial charge is 0.465 e. The molecule has 0 atom stereocenters. The van der Waals surface area contributed by atoms with E-state index in [0.29, 0.717) is 5.56 Å². The SMILES string of the molecule is CCC1(C(=O)Nc2ccc(C(=O)OC)cc2)CCCC1. The molecule has 1 aliphatic carbocycles. The first-order chi connectivity index (χ1) is 9.61. The molecule has 0 aromatic heterocycles. The van der Waals surface area contributed by atoms with Crippen molar-refractivity contribution in [2.24, 2.45) is 5.41 Å². The van der Waals surface area contributed by atoms with Crippen molar-refractivity contribution in [2.45, 2.75) is 39.0 Å². The van der Waals surface area contributed by atoms with E-state index >= 15 is 0 Å². The van der Waals surface area contributed by atoms with Gasteiger partial charge in [-0.3, -0.25) is 4.79 Å². The number of carbonyl (C=O) groups is 2. The van der Waals surface area contributed by atoms with Gasteiger partial charge in [-0.15, -0.1) is 0 Å². The average Bonchev–Trinajstić information content (AvgIpc) is 2.97. The molecule has 1 fully saturated rings. The lowest BCUT2D eigenvalue weighted by atomic mass is 9.82. The minimum atomic E-state index is -0.372. The molecule has 0 radical (unpaired) electrons. The second-order valence-electron chi connectivity index (χ2n) is 5.36. The summed E-state index contributed by atoms with van der Waals surface area (Å²) in [7, 11) is 1.35. The number of nitrogens with one attached hydrogen (secondary N) is 1. The van der Waals surface area contributed by atoms with Crippen LogP contribution in [0.15, 0.2) is 24.3 Å². The normalized spacial score (nSPS) is 16.7. The fourth-order valence-corrected chi connectivity index (χ4v) is 2.86. The Labute approximate surface area is 119 Å². The van der Waals surface area contributed by atoms with Crippen molar-refractivity contribution in [1.82, 2.24) is 0 Å². The van der Waals surface area contributed by atoms with Crippen LogP contribution in [-0.4, -0.2) is 19.0 Å². The molecule has 1 aromatic rings. The lowest BCUT2D eigenvalue weighted by molar-refractivity contribution is -0.125. The topological polar surface area (TPSA) is 55.4 Å². The van der Waals surface area contributed by atoms with E-state index in [9.17, 15) is 9.59 Å². The second-order valence-corrected chi connectivity index (χ2v) is 5.36. The summed E-state index contributed by atoms with van der Waals surface area (Å²) in [5.74, 6) is -0.271. The molecular weight excluding hydrogens is 254 g/mol. The molecule has 1 saturated carbocycles. The standard InChI is InChI=1S/C16H21NO3/c1-3-16(10-4-5-11-16)15(19)17-13-8-6-12(7-9-13)14(18)20-2/h6-9H,3-5,10-11H2,1-2H3,(H,17,19). The summed E-state index contributed by atoms with van der Waals surface area (Å²) >= 11 is 0. The van der Waals surface area contributed by atoms with Crippen LogP contribution in [0.2, 0.25) is 0 Å². The van der Waals surface area contributed by atoms with Crippen molar-refractivity contribution in [3.05, 3.63) is 29.8 Å². The van der Waals surface area contributed by atoms with Gasteiger partial charge in [0.15, 0.2) is 0 Å². The maximum atomic E-state index is 12.4. The van der Waals surface area contributed by atoms with Crippen LogP contribution >= 0.6 is 0 Å². The summed E-state index contributed by atoms with van der Waals surface area (Å²) in [6, 6.07) is 6.80. The highest BCUT2D eigenvalue weighted by molar-refractivity contribution is 5.96. The highest BCUT2D eigenvalue weighted by Crippen LogP contribution is 2.41. The molecule has 0 unspecified atom stereocenters. The molecular formula is C16H21NO3. The number of rotatable bonds is 4. The fourth-order valence-electron chi connectivity index (χ4n) is 2.86. The van der Waals surface area contributed by atoms with Crippen LogP contribution in [0.1, 0.15) is 49.4 Å². The van der Waals surface area contributed by atoms with E-state index < -0.39 is 0 Å². The van der Waals surface area contributed by atoms with Crippen LogP contribution in [0.3, 0.4) is 0 Å². The predicted molar refractivity (Wildman–Crippen MR) is 77.6 cm³/mol. The third-order valence-corrected chi connectivity index (χ3v) is 4.28. The summed E-state index contributed by atoms with van der Waals surface area (Å²) in [6.45, 7) is 2.07. The Balaban J connectivity index is 2.06. The van der Waals surface area contributed by atoms with Crippen molar-refractivity contribution in [3.63, 3.8) is 0 Å². The van der Waals surface area contributed by atoms with Gasteiger partial charge in [-0.05, 0) is 43.5 Å². The third-order valence-electron chi connectivity index (χ3n) is 4.28. The molecule has 1 aromatic carbocycles. The van der Waals surface area contributed by atoms with E-state index in [-0.39, 0.29) is 17.3 Å². The maximum Gasteiger partial charge on any atom is 0.337 e. The minimum Gasteiger partial charge on any atom is -0.465 e. The van der Waals surface area contributed by atoms with Gasteiger partial charge >= 0.3 is 5.97 Å². The summed E-state index contributed by atoms with van der Waals surface area (Å²) < 4.78 is 4.65. The van der Waals surface area contributed by atoms with Gasteiger partial charge < -0.3 is 10.1 Å². The molecule has 0 bridgehead atoms. The smallest absolute Gasteiger partial charge is 0.337 e. The predicted octanol–water partition coefficient (Wildman–Crippen LogP) is 3.38. The average molecular weight is 275 g/mol. The van der Waals surface area contributed by atoms with Crippen molar-refractivity contribution in [2.75, 3.05) is 12.4 Å². The van der Waals surface area contributed by atoms with E-state index in [2.05, 4.69) is 17.0 Å². The van der Waals surface area contributed by atoms with Gasteiger partial charge in [0.2, 0.25) is 5.91 Å². The number of methoxy groups -OCH3 is 1. The first kappa shape index (κ1) is 14.6. The molecule has 0 spiro atoms.